The predicted octanol–water partition coefficient (Wildman–Crippen LogP) is 1.68. The van der Waals surface area contributed by atoms with Crippen molar-refractivity contribution in [3.8, 4) is 0 Å². The summed E-state index contributed by atoms with van der Waals surface area (Å²) < 4.78 is 0. The minimum atomic E-state index is -0.620. The predicted molar refractivity (Wildman–Crippen MR) is 64.8 cm³/mol. The van der Waals surface area contributed by atoms with Gasteiger partial charge in [-0.05, 0) is 9.76 Å². The summed E-state index contributed by atoms with van der Waals surface area (Å²) in [5.74, 6) is 0. The average molecular weight is 205 g/mol. The summed E-state index contributed by atoms with van der Waals surface area (Å²) in [7, 11) is 0.802. The van der Waals surface area contributed by atoms with E-state index < -0.39 is 7.59 Å². The van der Waals surface area contributed by atoms with Crippen LogP contribution in [0.3, 0.4) is 0 Å². The highest BCUT2D eigenvalue weighted by Crippen LogP contribution is 2.23. The van der Waals surface area contributed by atoms with Crippen molar-refractivity contribution in [3.63, 3.8) is 0 Å². The van der Waals surface area contributed by atoms with Crippen LogP contribution >= 0.6 is 0 Å². The lowest BCUT2D eigenvalue weighted by atomic mass is 10.9. The molecule has 0 N–H and O–H groups in total. The first-order chi connectivity index (χ1) is 5.16. The Balaban J connectivity index is 4.26. The van der Waals surface area contributed by atoms with E-state index in [4.69, 9.17) is 0 Å². The van der Waals surface area contributed by atoms with Gasteiger partial charge in [0.15, 0.2) is 0 Å². The highest BCUT2D eigenvalue weighted by atomic mass is 29.6. The van der Waals surface area contributed by atoms with E-state index in [-0.39, 0.29) is 7.83 Å². The Labute approximate surface area is 77.4 Å². The van der Waals surface area contributed by atoms with Gasteiger partial charge in [-0.3, -0.25) is 0 Å². The van der Waals surface area contributed by atoms with Crippen molar-refractivity contribution in [1.29, 1.82) is 0 Å². The fourth-order valence-corrected chi connectivity index (χ4v) is 26.6. The number of hydrogen-bond donors (Lipinski definition) is 0. The molecular weight excluding hydrogens is 180 g/mol. The summed E-state index contributed by atoms with van der Waals surface area (Å²) in [5, 5.41) is 0. The Morgan fingerprint density at radius 1 is 1.00 bits per heavy atom. The van der Waals surface area contributed by atoms with Gasteiger partial charge < -0.3 is 0 Å². The topological polar surface area (TPSA) is 0 Å². The average Bonchev–Trinajstić information content (AvgIpc) is 2.08. The van der Waals surface area contributed by atoms with Crippen LogP contribution in [0.15, 0.2) is 0 Å². The molecule has 0 aliphatic heterocycles. The molecule has 11 heavy (non-hydrogen) atoms. The van der Waals surface area contributed by atoms with Crippen molar-refractivity contribution in [2.24, 2.45) is 0 Å². The van der Waals surface area contributed by atoms with Crippen LogP contribution in [0.1, 0.15) is 27.7 Å². The second-order valence-corrected chi connectivity index (χ2v) is 25.5. The lowest BCUT2D eigenvalue weighted by Crippen LogP contribution is -2.49. The second-order valence-electron chi connectivity index (χ2n) is 3.73. The lowest BCUT2D eigenvalue weighted by Gasteiger charge is -2.33. The molecule has 0 amide bonds. The molecule has 1 unspecified atom stereocenters. The molecule has 0 nitrogen and oxygen atoms in total. The van der Waals surface area contributed by atoms with Crippen LogP contribution < -0.4 is 0 Å². The maximum Gasteiger partial charge on any atom is 0.0397 e. The van der Waals surface area contributed by atoms with Gasteiger partial charge in [-0.25, -0.2) is 0 Å². The minimum Gasteiger partial charge on any atom is -0.0684 e. The van der Waals surface area contributed by atoms with Gasteiger partial charge in [-0.1, -0.05) is 51.9 Å². The van der Waals surface area contributed by atoms with Crippen molar-refractivity contribution in [3.05, 3.63) is 0 Å². The third-order valence-corrected chi connectivity index (χ3v) is 36.0. The van der Waals surface area contributed by atoms with Gasteiger partial charge in [0.05, 0.1) is 0 Å². The first-order valence-electron chi connectivity index (χ1n) is 5.16. The molecule has 0 spiro atoms. The fourth-order valence-electron chi connectivity index (χ4n) is 2.23. The van der Waals surface area contributed by atoms with Gasteiger partial charge >= 0.3 is 0 Å². The first kappa shape index (κ1) is 11.7. The van der Waals surface area contributed by atoms with E-state index in [0.717, 1.165) is 0 Å². The second kappa shape index (κ2) is 5.32. The largest absolute Gasteiger partial charge is 0.0684 e. The smallest absolute Gasteiger partial charge is 0.0397 e. The molecular formula is C8H24Si3. The summed E-state index contributed by atoms with van der Waals surface area (Å²) in [4.78, 5) is 0. The minimum absolute atomic E-state index is 0.154. The third-order valence-electron chi connectivity index (χ3n) is 3.77. The molecule has 0 aliphatic rings. The lowest BCUT2D eigenvalue weighted by molar-refractivity contribution is 1.21. The standard InChI is InChI=1S/C8H24Si3/c1-5-10(9)11(6-2,7-3)8-4/h10H,5-8H2,1-4,9H3. The van der Waals surface area contributed by atoms with Crippen LogP contribution in [0.5, 0.6) is 0 Å². The molecule has 0 rings (SSSR count). The van der Waals surface area contributed by atoms with Gasteiger partial charge in [0.1, 0.15) is 0 Å². The molecule has 0 fully saturated rings. The molecule has 0 saturated heterocycles. The SMILES string of the molecule is CC[SiH]([SiH3])[Si](CC)(CC)CC. The first-order valence-corrected chi connectivity index (χ1v) is 15.0. The van der Waals surface area contributed by atoms with Gasteiger partial charge in [-0.15, -0.1) is 0 Å². The van der Waals surface area contributed by atoms with Crippen molar-refractivity contribution in [1.82, 2.24) is 0 Å². The van der Waals surface area contributed by atoms with E-state index in [1.54, 1.807) is 33.9 Å². The van der Waals surface area contributed by atoms with E-state index in [2.05, 4.69) is 27.7 Å². The summed E-state index contributed by atoms with van der Waals surface area (Å²) in [6, 6.07) is 6.32. The molecule has 0 aromatic heterocycles. The van der Waals surface area contributed by atoms with E-state index >= 15 is 0 Å². The Morgan fingerprint density at radius 3 is 1.45 bits per heavy atom. The van der Waals surface area contributed by atoms with E-state index in [0.29, 0.717) is 0 Å². The molecule has 68 valence electrons. The maximum absolute atomic E-state index is 2.45. The molecule has 3 heteroatoms. The molecule has 0 aliphatic carbocycles. The Kier molecular flexibility index (Phi) is 5.64. The number of rotatable bonds is 5. The molecule has 0 aromatic rings. The summed E-state index contributed by atoms with van der Waals surface area (Å²) >= 11 is 0. The van der Waals surface area contributed by atoms with Crippen LogP contribution in [0.4, 0.5) is 0 Å². The van der Waals surface area contributed by atoms with Crippen molar-refractivity contribution in [2.45, 2.75) is 51.9 Å². The van der Waals surface area contributed by atoms with Crippen LogP contribution in [0, 0.1) is 0 Å². The van der Waals surface area contributed by atoms with E-state index in [1.165, 1.54) is 0 Å². The molecule has 0 heterocycles. The normalized spacial score (nSPS) is 15.3. The van der Waals surface area contributed by atoms with Gasteiger partial charge in [-0.2, -0.15) is 0 Å². The highest BCUT2D eigenvalue weighted by Gasteiger charge is 2.32. The summed E-state index contributed by atoms with van der Waals surface area (Å²) in [6.45, 7) is 9.79. The van der Waals surface area contributed by atoms with Gasteiger partial charge in [0, 0.05) is 15.4 Å². The van der Waals surface area contributed by atoms with Crippen molar-refractivity contribution < 1.29 is 0 Å². The summed E-state index contributed by atoms with van der Waals surface area (Å²) in [5.41, 5.74) is 0. The quantitative estimate of drug-likeness (QED) is 0.598. The van der Waals surface area contributed by atoms with Crippen LogP contribution in [-0.4, -0.2) is 25.2 Å². The Bertz CT molecular complexity index is 91.2. The van der Waals surface area contributed by atoms with Crippen molar-refractivity contribution in [2.75, 3.05) is 0 Å². The van der Waals surface area contributed by atoms with Crippen LogP contribution in [0.25, 0.3) is 0 Å². The Hall–Kier alpha value is 0.651. The molecule has 0 saturated carbocycles. The van der Waals surface area contributed by atoms with Crippen LogP contribution in [-0.2, 0) is 0 Å². The van der Waals surface area contributed by atoms with Gasteiger partial charge in [0.25, 0.3) is 0 Å². The molecule has 0 aromatic carbocycles. The zero-order chi connectivity index (χ0) is 8.91. The fraction of sp³-hybridized carbons (Fsp3) is 1.00. The molecule has 0 radical (unpaired) electrons. The highest BCUT2D eigenvalue weighted by molar-refractivity contribution is 7.48. The molecule has 0 bridgehead atoms. The van der Waals surface area contributed by atoms with E-state index in [9.17, 15) is 0 Å². The monoisotopic (exact) mass is 204 g/mol. The third kappa shape index (κ3) is 2.56. The maximum atomic E-state index is 2.45. The van der Waals surface area contributed by atoms with Gasteiger partial charge in [0.2, 0.25) is 0 Å². The molecule has 1 atom stereocenters. The van der Waals surface area contributed by atoms with E-state index in [1.807, 2.05) is 0 Å². The van der Waals surface area contributed by atoms with Crippen LogP contribution in [0.2, 0.25) is 24.2 Å². The zero-order valence-corrected chi connectivity index (χ0v) is 13.1. The zero-order valence-electron chi connectivity index (χ0n) is 8.91. The number of hydrogen-bond acceptors (Lipinski definition) is 0. The Morgan fingerprint density at radius 2 is 1.36 bits per heavy atom. The summed E-state index contributed by atoms with van der Waals surface area (Å²) in [6.07, 6.45) is 0. The van der Waals surface area contributed by atoms with Crippen molar-refractivity contribution >= 4 is 25.2 Å².